The van der Waals surface area contributed by atoms with Crippen molar-refractivity contribution in [2.75, 3.05) is 19.6 Å². The molecule has 5 rings (SSSR count). The van der Waals surface area contributed by atoms with Gasteiger partial charge >= 0.3 is 5.97 Å². The standard InChI is InChI=1S/C26H39NO3/c1-25-12-9-19(30-24(29)11-16-27-14-3-4-15-27)17-18(25)5-6-20-21-7-8-23(28)26(21,2)13-10-22(20)25/h5,19-22H,3-4,6-17H2,1-2H3/p+1/t19-,20+,21-,22+,25+,26-/m1/s1. The highest BCUT2D eigenvalue weighted by Gasteiger charge is 2.58. The Hall–Kier alpha value is -1.16. The lowest BCUT2D eigenvalue weighted by atomic mass is 9.48. The maximum Gasteiger partial charge on any atom is 0.311 e. The van der Waals surface area contributed by atoms with Gasteiger partial charge in [0.1, 0.15) is 11.9 Å². The van der Waals surface area contributed by atoms with Crippen molar-refractivity contribution in [3.8, 4) is 0 Å². The number of ketones is 1. The Bertz CT molecular complexity index is 739. The van der Waals surface area contributed by atoms with E-state index in [-0.39, 0.29) is 22.9 Å². The lowest BCUT2D eigenvalue weighted by molar-refractivity contribution is -0.886. The predicted octanol–water partition coefficient (Wildman–Crippen LogP) is 3.50. The number of rotatable bonds is 4. The van der Waals surface area contributed by atoms with Crippen LogP contribution >= 0.6 is 0 Å². The summed E-state index contributed by atoms with van der Waals surface area (Å²) in [5, 5.41) is 0. The lowest BCUT2D eigenvalue weighted by Gasteiger charge is -2.56. The molecular formula is C26H40NO3+. The van der Waals surface area contributed by atoms with Crippen LogP contribution in [-0.4, -0.2) is 37.5 Å². The number of hydrogen-bond acceptors (Lipinski definition) is 3. The number of nitrogens with one attached hydrogen (secondary N) is 1. The molecule has 4 nitrogen and oxygen atoms in total. The summed E-state index contributed by atoms with van der Waals surface area (Å²) in [5.74, 6) is 2.50. The van der Waals surface area contributed by atoms with Crippen LogP contribution in [0.1, 0.15) is 84.5 Å². The van der Waals surface area contributed by atoms with E-state index in [1.165, 1.54) is 32.4 Å². The number of carbonyl (C=O) groups excluding carboxylic acids is 2. The van der Waals surface area contributed by atoms with Gasteiger partial charge in [-0.25, -0.2) is 0 Å². The van der Waals surface area contributed by atoms with E-state index in [1.54, 1.807) is 10.5 Å². The molecule has 4 heteroatoms. The van der Waals surface area contributed by atoms with Crippen molar-refractivity contribution < 1.29 is 19.2 Å². The summed E-state index contributed by atoms with van der Waals surface area (Å²) in [7, 11) is 0. The van der Waals surface area contributed by atoms with Crippen LogP contribution in [0.5, 0.6) is 0 Å². The van der Waals surface area contributed by atoms with Crippen LogP contribution in [0.25, 0.3) is 0 Å². The van der Waals surface area contributed by atoms with Gasteiger partial charge in [-0.05, 0) is 61.7 Å². The van der Waals surface area contributed by atoms with Crippen molar-refractivity contribution in [2.45, 2.75) is 90.6 Å². The SMILES string of the molecule is C[C@@]12CC[C@H]3[C@@H](CC=C4C[C@H](OC(=O)CC[NH+]5CCCC5)CC[C@@]43C)[C@H]1CCC2=O. The van der Waals surface area contributed by atoms with E-state index in [2.05, 4.69) is 19.9 Å². The van der Waals surface area contributed by atoms with Gasteiger partial charge in [-0.15, -0.1) is 0 Å². The number of ether oxygens (including phenoxy) is 1. The first-order chi connectivity index (χ1) is 14.4. The quantitative estimate of drug-likeness (QED) is 0.566. The third-order valence-electron chi connectivity index (χ3n) is 10.1. The third-order valence-corrected chi connectivity index (χ3v) is 10.1. The molecule has 1 heterocycles. The van der Waals surface area contributed by atoms with Gasteiger partial charge in [0, 0.05) is 31.1 Å². The molecule has 0 unspecified atom stereocenters. The fourth-order valence-corrected chi connectivity index (χ4v) is 8.15. The maximum atomic E-state index is 12.6. The van der Waals surface area contributed by atoms with Crippen LogP contribution in [0.3, 0.4) is 0 Å². The average Bonchev–Trinajstić information content (AvgIpc) is 3.35. The zero-order chi connectivity index (χ0) is 20.9. The molecule has 0 radical (unpaired) electrons. The Morgan fingerprint density at radius 2 is 1.83 bits per heavy atom. The molecule has 4 aliphatic carbocycles. The van der Waals surface area contributed by atoms with Crippen LogP contribution in [0, 0.1) is 28.6 Å². The predicted molar refractivity (Wildman–Crippen MR) is 116 cm³/mol. The Labute approximate surface area is 181 Å². The molecule has 166 valence electrons. The second kappa shape index (κ2) is 7.76. The molecule has 0 aromatic carbocycles. The second-order valence-corrected chi connectivity index (χ2v) is 11.5. The first-order valence-electron chi connectivity index (χ1n) is 12.7. The van der Waals surface area contributed by atoms with Gasteiger partial charge in [0.05, 0.1) is 26.1 Å². The van der Waals surface area contributed by atoms with E-state index in [1.807, 2.05) is 0 Å². The Kier molecular flexibility index (Phi) is 5.36. The summed E-state index contributed by atoms with van der Waals surface area (Å²) in [4.78, 5) is 26.6. The monoisotopic (exact) mass is 414 g/mol. The molecule has 30 heavy (non-hydrogen) atoms. The summed E-state index contributed by atoms with van der Waals surface area (Å²) in [5.41, 5.74) is 1.75. The van der Waals surface area contributed by atoms with E-state index in [0.29, 0.717) is 30.0 Å². The minimum Gasteiger partial charge on any atom is -0.462 e. The fraction of sp³-hybridized carbons (Fsp3) is 0.846. The highest BCUT2D eigenvalue weighted by atomic mass is 16.5. The Balaban J connectivity index is 1.22. The molecular weight excluding hydrogens is 374 g/mol. The number of quaternary nitrogens is 1. The number of allylic oxidation sites excluding steroid dienone is 1. The normalized spacial score (nSPS) is 43.5. The van der Waals surface area contributed by atoms with Crippen molar-refractivity contribution in [1.29, 1.82) is 0 Å². The number of carbonyl (C=O) groups is 2. The van der Waals surface area contributed by atoms with E-state index in [4.69, 9.17) is 4.74 Å². The fourth-order valence-electron chi connectivity index (χ4n) is 8.15. The van der Waals surface area contributed by atoms with Crippen LogP contribution in [-0.2, 0) is 14.3 Å². The Morgan fingerprint density at radius 3 is 2.63 bits per heavy atom. The topological polar surface area (TPSA) is 47.8 Å². The van der Waals surface area contributed by atoms with Crippen LogP contribution < -0.4 is 4.90 Å². The minimum atomic E-state index is -0.0487. The van der Waals surface area contributed by atoms with Crippen LogP contribution in [0.15, 0.2) is 11.6 Å². The van der Waals surface area contributed by atoms with Crippen LogP contribution in [0.2, 0.25) is 0 Å². The molecule has 0 bridgehead atoms. The smallest absolute Gasteiger partial charge is 0.311 e. The first kappa shape index (κ1) is 20.7. The van der Waals surface area contributed by atoms with Crippen molar-refractivity contribution in [2.24, 2.45) is 28.6 Å². The molecule has 1 N–H and O–H groups in total. The molecule has 6 atom stereocenters. The van der Waals surface area contributed by atoms with Gasteiger partial charge < -0.3 is 9.64 Å². The molecule has 0 spiro atoms. The molecule has 1 saturated heterocycles. The van der Waals surface area contributed by atoms with E-state index >= 15 is 0 Å². The molecule has 1 aliphatic heterocycles. The van der Waals surface area contributed by atoms with Crippen molar-refractivity contribution in [3.05, 3.63) is 11.6 Å². The van der Waals surface area contributed by atoms with E-state index in [0.717, 1.165) is 51.5 Å². The van der Waals surface area contributed by atoms with E-state index in [9.17, 15) is 9.59 Å². The molecule has 0 aromatic rings. The zero-order valence-electron chi connectivity index (χ0n) is 19.0. The minimum absolute atomic E-state index is 0.00944. The highest BCUT2D eigenvalue weighted by Crippen LogP contribution is 2.64. The van der Waals surface area contributed by atoms with E-state index < -0.39 is 0 Å². The third kappa shape index (κ3) is 3.38. The molecule has 3 saturated carbocycles. The van der Waals surface area contributed by atoms with Gasteiger partial charge in [-0.1, -0.05) is 25.5 Å². The number of likely N-dealkylation sites (tertiary alicyclic amines) is 1. The number of esters is 1. The molecule has 0 amide bonds. The summed E-state index contributed by atoms with van der Waals surface area (Å²) in [6.45, 7) is 8.11. The van der Waals surface area contributed by atoms with Crippen LogP contribution in [0.4, 0.5) is 0 Å². The van der Waals surface area contributed by atoms with Gasteiger partial charge in [0.25, 0.3) is 0 Å². The van der Waals surface area contributed by atoms with Gasteiger partial charge in [-0.2, -0.15) is 0 Å². The largest absolute Gasteiger partial charge is 0.462 e. The average molecular weight is 415 g/mol. The number of Topliss-reactive ketones (excluding diaryl/α,β-unsaturated/α-hetero) is 1. The number of fused-ring (bicyclic) bond motifs is 5. The summed E-state index contributed by atoms with van der Waals surface area (Å²) in [6, 6.07) is 0. The lowest BCUT2D eigenvalue weighted by Crippen LogP contribution is -3.10. The summed E-state index contributed by atoms with van der Waals surface area (Å²) >= 11 is 0. The summed E-state index contributed by atoms with van der Waals surface area (Å²) in [6.07, 6.45) is 14.1. The molecule has 0 aromatic heterocycles. The summed E-state index contributed by atoms with van der Waals surface area (Å²) < 4.78 is 5.94. The molecule has 5 aliphatic rings. The Morgan fingerprint density at radius 1 is 1.10 bits per heavy atom. The molecule has 4 fully saturated rings. The van der Waals surface area contributed by atoms with Gasteiger partial charge in [0.2, 0.25) is 0 Å². The highest BCUT2D eigenvalue weighted by molar-refractivity contribution is 5.87. The first-order valence-corrected chi connectivity index (χ1v) is 12.7. The number of hydrogen-bond donors (Lipinski definition) is 1. The van der Waals surface area contributed by atoms with Crippen molar-refractivity contribution in [1.82, 2.24) is 0 Å². The van der Waals surface area contributed by atoms with Crippen molar-refractivity contribution >= 4 is 11.8 Å². The van der Waals surface area contributed by atoms with Gasteiger partial charge in [0.15, 0.2) is 0 Å². The zero-order valence-corrected chi connectivity index (χ0v) is 19.0. The van der Waals surface area contributed by atoms with Crippen molar-refractivity contribution in [3.63, 3.8) is 0 Å². The van der Waals surface area contributed by atoms with Gasteiger partial charge in [-0.3, -0.25) is 9.59 Å². The second-order valence-electron chi connectivity index (χ2n) is 11.5. The maximum absolute atomic E-state index is 12.6.